The monoisotopic (exact) mass is 200 g/mol. The largest absolute Gasteiger partial charge is 0.370 e. The molecular formula is C9H16N2OS. The molecule has 0 aliphatic rings. The first-order valence-electron chi connectivity index (χ1n) is 4.39. The Hall–Kier alpha value is -0.450. The van der Waals surface area contributed by atoms with Gasteiger partial charge in [0.25, 0.3) is 0 Å². The standard InChI is InChI=1S/C9H16N2OS/c1-7-6-13-9(11-7)5-12-8(2)4-10-3/h6,8,10H,4-5H2,1-3H3. The number of aryl methyl sites for hydroxylation is 1. The molecule has 4 heteroatoms. The van der Waals surface area contributed by atoms with Crippen molar-refractivity contribution in [3.8, 4) is 0 Å². The lowest BCUT2D eigenvalue weighted by atomic mass is 10.4. The maximum absolute atomic E-state index is 5.57. The molecule has 0 saturated heterocycles. The molecule has 0 fully saturated rings. The highest BCUT2D eigenvalue weighted by atomic mass is 32.1. The number of likely N-dealkylation sites (N-methyl/N-ethyl adjacent to an activating group) is 1. The predicted molar refractivity (Wildman–Crippen MR) is 55.0 cm³/mol. The van der Waals surface area contributed by atoms with E-state index in [0.29, 0.717) is 6.61 Å². The zero-order valence-corrected chi connectivity index (χ0v) is 9.15. The molecule has 0 saturated carbocycles. The second-order valence-corrected chi connectivity index (χ2v) is 4.00. The Kier molecular flexibility index (Phi) is 4.35. The number of nitrogens with zero attached hydrogens (tertiary/aromatic N) is 1. The molecule has 74 valence electrons. The van der Waals surface area contributed by atoms with Crippen LogP contribution in [0.2, 0.25) is 0 Å². The lowest BCUT2D eigenvalue weighted by molar-refractivity contribution is 0.0543. The number of hydrogen-bond donors (Lipinski definition) is 1. The number of nitrogens with one attached hydrogen (secondary N) is 1. The Morgan fingerprint density at radius 2 is 2.46 bits per heavy atom. The summed E-state index contributed by atoms with van der Waals surface area (Å²) in [6.45, 7) is 5.56. The van der Waals surface area contributed by atoms with Crippen molar-refractivity contribution in [1.29, 1.82) is 0 Å². The maximum Gasteiger partial charge on any atom is 0.119 e. The fourth-order valence-corrected chi connectivity index (χ4v) is 1.72. The highest BCUT2D eigenvalue weighted by molar-refractivity contribution is 7.09. The van der Waals surface area contributed by atoms with Crippen LogP contribution in [0, 0.1) is 6.92 Å². The Morgan fingerprint density at radius 3 is 3.00 bits per heavy atom. The van der Waals surface area contributed by atoms with Gasteiger partial charge in [-0.05, 0) is 20.9 Å². The van der Waals surface area contributed by atoms with Gasteiger partial charge in [-0.15, -0.1) is 11.3 Å². The van der Waals surface area contributed by atoms with E-state index in [1.807, 2.05) is 19.4 Å². The van der Waals surface area contributed by atoms with Gasteiger partial charge in [0.05, 0.1) is 12.7 Å². The Balaban J connectivity index is 2.26. The van der Waals surface area contributed by atoms with Crippen molar-refractivity contribution in [3.05, 3.63) is 16.1 Å². The minimum atomic E-state index is 0.245. The van der Waals surface area contributed by atoms with Crippen LogP contribution in [0.1, 0.15) is 17.6 Å². The Labute approximate surface area is 83.1 Å². The molecular weight excluding hydrogens is 184 g/mol. The summed E-state index contributed by atoms with van der Waals surface area (Å²) in [6, 6.07) is 0. The second-order valence-electron chi connectivity index (χ2n) is 3.06. The lowest BCUT2D eigenvalue weighted by Crippen LogP contribution is -2.23. The summed E-state index contributed by atoms with van der Waals surface area (Å²) in [5.41, 5.74) is 1.07. The molecule has 0 amide bonds. The fraction of sp³-hybridized carbons (Fsp3) is 0.667. The zero-order chi connectivity index (χ0) is 9.68. The summed E-state index contributed by atoms with van der Waals surface area (Å²) in [5.74, 6) is 0. The van der Waals surface area contributed by atoms with Crippen molar-refractivity contribution in [2.24, 2.45) is 0 Å². The van der Waals surface area contributed by atoms with Gasteiger partial charge in [0, 0.05) is 17.6 Å². The summed E-state index contributed by atoms with van der Waals surface area (Å²) in [5, 5.41) is 6.17. The summed E-state index contributed by atoms with van der Waals surface area (Å²) < 4.78 is 5.57. The fourth-order valence-electron chi connectivity index (χ4n) is 1.03. The number of thiazole rings is 1. The van der Waals surface area contributed by atoms with Crippen molar-refractivity contribution >= 4 is 11.3 Å². The quantitative estimate of drug-likeness (QED) is 0.783. The van der Waals surface area contributed by atoms with E-state index in [0.717, 1.165) is 17.2 Å². The van der Waals surface area contributed by atoms with Crippen molar-refractivity contribution in [1.82, 2.24) is 10.3 Å². The van der Waals surface area contributed by atoms with Crippen LogP contribution < -0.4 is 5.32 Å². The van der Waals surface area contributed by atoms with Crippen LogP contribution in [0.25, 0.3) is 0 Å². The van der Waals surface area contributed by atoms with E-state index in [-0.39, 0.29) is 6.10 Å². The van der Waals surface area contributed by atoms with E-state index >= 15 is 0 Å². The van der Waals surface area contributed by atoms with Crippen LogP contribution in [0.3, 0.4) is 0 Å². The third-order valence-electron chi connectivity index (χ3n) is 1.65. The smallest absolute Gasteiger partial charge is 0.119 e. The Morgan fingerprint density at radius 1 is 1.69 bits per heavy atom. The first-order valence-corrected chi connectivity index (χ1v) is 5.27. The maximum atomic E-state index is 5.57. The van der Waals surface area contributed by atoms with Crippen molar-refractivity contribution in [3.63, 3.8) is 0 Å². The molecule has 0 aromatic carbocycles. The van der Waals surface area contributed by atoms with Crippen molar-refractivity contribution in [2.45, 2.75) is 26.6 Å². The van der Waals surface area contributed by atoms with Gasteiger partial charge < -0.3 is 10.1 Å². The molecule has 0 radical (unpaired) electrons. The van der Waals surface area contributed by atoms with Gasteiger partial charge >= 0.3 is 0 Å². The molecule has 3 nitrogen and oxygen atoms in total. The van der Waals surface area contributed by atoms with Gasteiger partial charge in [-0.3, -0.25) is 0 Å². The molecule has 1 unspecified atom stereocenters. The third-order valence-corrected chi connectivity index (χ3v) is 2.59. The summed E-state index contributed by atoms with van der Waals surface area (Å²) >= 11 is 1.65. The first-order chi connectivity index (χ1) is 6.22. The third kappa shape index (κ3) is 3.85. The molecule has 0 aliphatic heterocycles. The topological polar surface area (TPSA) is 34.1 Å². The zero-order valence-electron chi connectivity index (χ0n) is 8.33. The van der Waals surface area contributed by atoms with Crippen LogP contribution in [-0.2, 0) is 11.3 Å². The van der Waals surface area contributed by atoms with Gasteiger partial charge in [0.2, 0.25) is 0 Å². The van der Waals surface area contributed by atoms with E-state index in [4.69, 9.17) is 4.74 Å². The van der Waals surface area contributed by atoms with Crippen LogP contribution >= 0.6 is 11.3 Å². The van der Waals surface area contributed by atoms with Gasteiger partial charge in [-0.25, -0.2) is 4.98 Å². The normalized spacial score (nSPS) is 13.2. The number of rotatable bonds is 5. The molecule has 1 aromatic rings. The SMILES string of the molecule is CNCC(C)OCc1nc(C)cs1. The number of aromatic nitrogens is 1. The van der Waals surface area contributed by atoms with E-state index in [9.17, 15) is 0 Å². The van der Waals surface area contributed by atoms with Gasteiger partial charge in [0.1, 0.15) is 5.01 Å². The van der Waals surface area contributed by atoms with Gasteiger partial charge in [0.15, 0.2) is 0 Å². The van der Waals surface area contributed by atoms with Crippen LogP contribution in [0.15, 0.2) is 5.38 Å². The summed E-state index contributed by atoms with van der Waals surface area (Å²) in [7, 11) is 1.92. The average molecular weight is 200 g/mol. The lowest BCUT2D eigenvalue weighted by Gasteiger charge is -2.10. The molecule has 13 heavy (non-hydrogen) atoms. The van der Waals surface area contributed by atoms with Crippen molar-refractivity contribution in [2.75, 3.05) is 13.6 Å². The van der Waals surface area contributed by atoms with E-state index in [1.54, 1.807) is 11.3 Å². The van der Waals surface area contributed by atoms with Gasteiger partial charge in [-0.1, -0.05) is 0 Å². The first kappa shape index (κ1) is 10.6. The highest BCUT2D eigenvalue weighted by Gasteiger charge is 2.03. The second kappa shape index (κ2) is 5.32. The molecule has 1 atom stereocenters. The molecule has 1 aromatic heterocycles. The number of hydrogen-bond acceptors (Lipinski definition) is 4. The number of ether oxygens (including phenoxy) is 1. The minimum absolute atomic E-state index is 0.245. The minimum Gasteiger partial charge on any atom is -0.370 e. The molecule has 0 spiro atoms. The highest BCUT2D eigenvalue weighted by Crippen LogP contribution is 2.10. The molecule has 1 N–H and O–H groups in total. The van der Waals surface area contributed by atoms with Gasteiger partial charge in [-0.2, -0.15) is 0 Å². The summed E-state index contributed by atoms with van der Waals surface area (Å²) in [4.78, 5) is 4.32. The van der Waals surface area contributed by atoms with E-state index in [1.165, 1.54) is 0 Å². The van der Waals surface area contributed by atoms with Crippen LogP contribution in [0.4, 0.5) is 0 Å². The molecule has 0 aliphatic carbocycles. The average Bonchev–Trinajstić information content (AvgIpc) is 2.49. The van der Waals surface area contributed by atoms with Crippen molar-refractivity contribution < 1.29 is 4.74 Å². The molecule has 1 heterocycles. The van der Waals surface area contributed by atoms with Crippen LogP contribution in [-0.4, -0.2) is 24.7 Å². The van der Waals surface area contributed by atoms with E-state index in [2.05, 4.69) is 17.2 Å². The molecule has 1 rings (SSSR count). The van der Waals surface area contributed by atoms with Crippen LogP contribution in [0.5, 0.6) is 0 Å². The Bertz CT molecular complexity index is 250. The van der Waals surface area contributed by atoms with E-state index < -0.39 is 0 Å². The summed E-state index contributed by atoms with van der Waals surface area (Å²) in [6.07, 6.45) is 0.245. The predicted octanol–water partition coefficient (Wildman–Crippen LogP) is 1.58. The molecule has 0 bridgehead atoms.